The largest absolute Gasteiger partial charge is 0.478 e. The molecule has 0 heterocycles. The summed E-state index contributed by atoms with van der Waals surface area (Å²) >= 11 is 0. The van der Waals surface area contributed by atoms with Crippen molar-refractivity contribution >= 4 is 22.2 Å². The van der Waals surface area contributed by atoms with Crippen LogP contribution in [0.3, 0.4) is 0 Å². The zero-order valence-corrected chi connectivity index (χ0v) is 10.9. The minimum atomic E-state index is -1.15. The maximum atomic E-state index is 11.1. The van der Waals surface area contributed by atoms with Gasteiger partial charge in [0.15, 0.2) is 0 Å². The van der Waals surface area contributed by atoms with Crippen LogP contribution < -0.4 is 0 Å². The summed E-state index contributed by atoms with van der Waals surface area (Å²) in [6, 6.07) is 0. The van der Waals surface area contributed by atoms with Crippen molar-refractivity contribution in [3.63, 3.8) is 0 Å². The fourth-order valence-corrected chi connectivity index (χ4v) is 0.668. The van der Waals surface area contributed by atoms with Gasteiger partial charge < -0.3 is 9.84 Å². The Hall–Kier alpha value is -1.10. The average molecular weight is 216 g/mol. The van der Waals surface area contributed by atoms with Crippen molar-refractivity contribution in [3.05, 3.63) is 12.2 Å². The highest BCUT2D eigenvalue weighted by Gasteiger charge is 2.25. The number of aliphatic carboxylic acids is 1. The molecule has 0 aliphatic rings. The molecule has 1 atom stereocenters. The lowest BCUT2D eigenvalue weighted by Crippen LogP contribution is -2.31. The van der Waals surface area contributed by atoms with Crippen LogP contribution in [-0.2, 0) is 14.3 Å². The number of hydrogen-bond donors (Lipinski definition) is 1. The second-order valence-electron chi connectivity index (χ2n) is 3.85. The van der Waals surface area contributed by atoms with Gasteiger partial charge in [0.2, 0.25) is 0 Å². The molecular weight excluding hydrogens is 200 g/mol. The Kier molecular flexibility index (Phi) is 4.56. The first-order chi connectivity index (χ1) is 6.25. The van der Waals surface area contributed by atoms with Gasteiger partial charge in [0.25, 0.3) is 0 Å². The van der Waals surface area contributed by atoms with Gasteiger partial charge in [-0.3, -0.25) is 0 Å². The van der Waals surface area contributed by atoms with E-state index in [1.807, 2.05) is 20.8 Å². The van der Waals surface area contributed by atoms with Crippen LogP contribution in [0.4, 0.5) is 0 Å². The summed E-state index contributed by atoms with van der Waals surface area (Å²) in [5.41, 5.74) is -0.212. The van der Waals surface area contributed by atoms with Gasteiger partial charge in [-0.05, 0) is 19.4 Å². The minimum Gasteiger partial charge on any atom is -0.478 e. The summed E-state index contributed by atoms with van der Waals surface area (Å²) in [7, 11) is 0.916. The normalized spacial score (nSPS) is 14.2. The molecule has 0 rings (SSSR count). The second kappa shape index (κ2) is 4.95. The Morgan fingerprint density at radius 2 is 1.93 bits per heavy atom. The van der Waals surface area contributed by atoms with E-state index in [2.05, 4.69) is 0 Å². The molecule has 0 aliphatic carbocycles. The van der Waals surface area contributed by atoms with Crippen molar-refractivity contribution in [3.8, 4) is 0 Å². The van der Waals surface area contributed by atoms with E-state index in [1.54, 1.807) is 0 Å². The van der Waals surface area contributed by atoms with Crippen LogP contribution in [0.1, 0.15) is 20.8 Å². The van der Waals surface area contributed by atoms with Crippen LogP contribution in [0.15, 0.2) is 12.2 Å². The van der Waals surface area contributed by atoms with Crippen LogP contribution in [0.2, 0.25) is 5.54 Å². The molecule has 0 bridgehead atoms. The van der Waals surface area contributed by atoms with Crippen molar-refractivity contribution < 1.29 is 19.4 Å². The SMILES string of the molecule is CC([SiH3])C(C)(C)OC(=O)C=CC(=O)O. The van der Waals surface area contributed by atoms with E-state index in [1.165, 1.54) is 0 Å². The third kappa shape index (κ3) is 4.81. The van der Waals surface area contributed by atoms with E-state index in [4.69, 9.17) is 9.84 Å². The van der Waals surface area contributed by atoms with Crippen LogP contribution in [0, 0.1) is 0 Å². The molecule has 1 unspecified atom stereocenters. The molecule has 14 heavy (non-hydrogen) atoms. The van der Waals surface area contributed by atoms with Crippen molar-refractivity contribution in [2.24, 2.45) is 0 Å². The van der Waals surface area contributed by atoms with Crippen molar-refractivity contribution in [1.29, 1.82) is 0 Å². The number of carbonyl (C=O) groups is 2. The molecule has 0 saturated heterocycles. The van der Waals surface area contributed by atoms with E-state index in [0.717, 1.165) is 22.4 Å². The monoisotopic (exact) mass is 216 g/mol. The maximum Gasteiger partial charge on any atom is 0.331 e. The Balaban J connectivity index is 4.26. The fraction of sp³-hybridized carbons (Fsp3) is 0.556. The van der Waals surface area contributed by atoms with E-state index >= 15 is 0 Å². The highest BCUT2D eigenvalue weighted by atomic mass is 28.1. The number of hydrogen-bond acceptors (Lipinski definition) is 3. The first kappa shape index (κ1) is 12.9. The molecule has 5 heteroatoms. The number of ether oxygens (including phenoxy) is 1. The quantitative estimate of drug-likeness (QED) is 0.412. The Labute approximate surface area is 86.4 Å². The van der Waals surface area contributed by atoms with E-state index in [0.29, 0.717) is 5.54 Å². The second-order valence-corrected chi connectivity index (χ2v) is 5.58. The third-order valence-corrected chi connectivity index (χ3v) is 3.51. The van der Waals surface area contributed by atoms with Crippen molar-refractivity contribution in [2.75, 3.05) is 0 Å². The first-order valence-corrected chi connectivity index (χ1v) is 5.55. The van der Waals surface area contributed by atoms with Gasteiger partial charge in [-0.2, -0.15) is 0 Å². The lowest BCUT2D eigenvalue weighted by Gasteiger charge is -2.28. The van der Waals surface area contributed by atoms with Crippen LogP contribution in [0.5, 0.6) is 0 Å². The first-order valence-electron chi connectivity index (χ1n) is 4.39. The van der Waals surface area contributed by atoms with E-state index < -0.39 is 17.5 Å². The molecule has 1 N–H and O–H groups in total. The molecule has 0 fully saturated rings. The Morgan fingerprint density at radius 1 is 1.43 bits per heavy atom. The molecule has 4 nitrogen and oxygen atoms in total. The number of rotatable bonds is 4. The van der Waals surface area contributed by atoms with E-state index in [-0.39, 0.29) is 0 Å². The molecule has 0 aromatic heterocycles. The predicted octanol–water partition coefficient (Wildman–Crippen LogP) is 0.123. The lowest BCUT2D eigenvalue weighted by atomic mass is 10.1. The van der Waals surface area contributed by atoms with E-state index in [9.17, 15) is 9.59 Å². The molecule has 80 valence electrons. The molecule has 0 aromatic rings. The third-order valence-electron chi connectivity index (χ3n) is 2.12. The fourth-order valence-electron chi connectivity index (χ4n) is 0.550. The van der Waals surface area contributed by atoms with Gasteiger partial charge in [0.05, 0.1) is 0 Å². The van der Waals surface area contributed by atoms with Gasteiger partial charge in [-0.1, -0.05) is 6.92 Å². The summed E-state index contributed by atoms with van der Waals surface area (Å²) in [5.74, 6) is -1.77. The summed E-state index contributed by atoms with van der Waals surface area (Å²) < 4.78 is 5.10. The van der Waals surface area contributed by atoms with Crippen molar-refractivity contribution in [2.45, 2.75) is 31.9 Å². The van der Waals surface area contributed by atoms with Gasteiger partial charge >= 0.3 is 11.9 Å². The summed E-state index contributed by atoms with van der Waals surface area (Å²) in [5, 5.41) is 8.28. The van der Waals surface area contributed by atoms with Crippen LogP contribution in [-0.4, -0.2) is 32.9 Å². The molecule has 0 aromatic carbocycles. The lowest BCUT2D eigenvalue weighted by molar-refractivity contribution is -0.150. The minimum absolute atomic E-state index is 0.310. The molecule has 0 radical (unpaired) electrons. The molecule has 0 amide bonds. The maximum absolute atomic E-state index is 11.1. The van der Waals surface area contributed by atoms with Crippen LogP contribution in [0.25, 0.3) is 0 Å². The molecule has 0 saturated carbocycles. The molecular formula is C9H16O4Si. The van der Waals surface area contributed by atoms with Crippen molar-refractivity contribution in [1.82, 2.24) is 0 Å². The number of carboxylic acids is 1. The topological polar surface area (TPSA) is 63.6 Å². The van der Waals surface area contributed by atoms with Gasteiger partial charge in [0, 0.05) is 22.4 Å². The summed E-state index contributed by atoms with van der Waals surface area (Å²) in [4.78, 5) is 21.2. The summed E-state index contributed by atoms with van der Waals surface area (Å²) in [6.07, 6.45) is 1.70. The predicted molar refractivity (Wildman–Crippen MR) is 56.3 cm³/mol. The Morgan fingerprint density at radius 3 is 2.29 bits per heavy atom. The van der Waals surface area contributed by atoms with Gasteiger partial charge in [-0.15, -0.1) is 0 Å². The number of carbonyl (C=O) groups excluding carboxylic acids is 1. The Bertz CT molecular complexity index is 256. The molecule has 0 aliphatic heterocycles. The summed E-state index contributed by atoms with van der Waals surface area (Å²) in [6.45, 7) is 5.62. The standard InChI is InChI=1S/C9H16O4Si/c1-6(14)9(2,3)13-8(12)5-4-7(10)11/h4-6H,1-3,14H3,(H,10,11). The van der Waals surface area contributed by atoms with Gasteiger partial charge in [0.1, 0.15) is 5.60 Å². The smallest absolute Gasteiger partial charge is 0.331 e. The average Bonchev–Trinajstić information content (AvgIpc) is 1.99. The number of esters is 1. The van der Waals surface area contributed by atoms with Gasteiger partial charge in [-0.25, -0.2) is 9.59 Å². The highest BCUT2D eigenvalue weighted by molar-refractivity contribution is 6.12. The van der Waals surface area contributed by atoms with Crippen LogP contribution >= 0.6 is 0 Å². The molecule has 0 spiro atoms. The zero-order chi connectivity index (χ0) is 11.4. The number of carboxylic acid groups (broad SMARTS) is 1. The zero-order valence-electron chi connectivity index (χ0n) is 8.90. The highest BCUT2D eigenvalue weighted by Crippen LogP contribution is 2.23.